The van der Waals surface area contributed by atoms with E-state index in [1.54, 1.807) is 0 Å². The molecule has 2 nitrogen and oxygen atoms in total. The molecule has 21 heavy (non-hydrogen) atoms. The van der Waals surface area contributed by atoms with Crippen molar-refractivity contribution in [3.63, 3.8) is 0 Å². The topological polar surface area (TPSA) is 33.4 Å². The van der Waals surface area contributed by atoms with Crippen LogP contribution in [0, 0.1) is 6.92 Å². The van der Waals surface area contributed by atoms with Crippen LogP contribution in [-0.4, -0.2) is 5.11 Å². The van der Waals surface area contributed by atoms with Gasteiger partial charge in [-0.2, -0.15) is 0 Å². The smallest absolute Gasteiger partial charge is 0.137 e. The van der Waals surface area contributed by atoms with E-state index in [9.17, 15) is 5.11 Å². The summed E-state index contributed by atoms with van der Waals surface area (Å²) in [4.78, 5) is 0. The number of rotatable bonds is 4. The zero-order valence-corrected chi connectivity index (χ0v) is 12.4. The molecule has 0 saturated heterocycles. The zero-order chi connectivity index (χ0) is 14.8. The van der Waals surface area contributed by atoms with Crippen molar-refractivity contribution in [2.45, 2.75) is 32.3 Å². The van der Waals surface area contributed by atoms with E-state index < -0.39 is 6.10 Å². The Morgan fingerprint density at radius 2 is 1.81 bits per heavy atom. The lowest BCUT2D eigenvalue weighted by atomic mass is 9.90. The van der Waals surface area contributed by atoms with Gasteiger partial charge in [-0.25, -0.2) is 0 Å². The molecule has 1 heterocycles. The largest absolute Gasteiger partial charge is 0.458 e. The Morgan fingerprint density at radius 3 is 2.48 bits per heavy atom. The number of para-hydroxylation sites is 1. The van der Waals surface area contributed by atoms with E-state index in [0.717, 1.165) is 28.5 Å². The summed E-state index contributed by atoms with van der Waals surface area (Å²) in [7, 11) is 0. The summed E-state index contributed by atoms with van der Waals surface area (Å²) in [5.74, 6) is 0.696. The maximum Gasteiger partial charge on any atom is 0.137 e. The molecule has 0 bridgehead atoms. The minimum Gasteiger partial charge on any atom is -0.458 e. The quantitative estimate of drug-likeness (QED) is 0.732. The molecule has 0 amide bonds. The van der Waals surface area contributed by atoms with Crippen molar-refractivity contribution in [1.82, 2.24) is 0 Å². The van der Waals surface area contributed by atoms with Crippen molar-refractivity contribution in [2.24, 2.45) is 0 Å². The number of furan rings is 1. The van der Waals surface area contributed by atoms with Gasteiger partial charge in [0.2, 0.25) is 0 Å². The molecule has 0 spiro atoms. The highest BCUT2D eigenvalue weighted by atomic mass is 16.4. The second kappa shape index (κ2) is 5.74. The first-order valence-electron chi connectivity index (χ1n) is 7.42. The van der Waals surface area contributed by atoms with Crippen LogP contribution in [0.3, 0.4) is 0 Å². The maximum atomic E-state index is 10.7. The number of hydrogen-bond acceptors (Lipinski definition) is 2. The van der Waals surface area contributed by atoms with E-state index in [1.807, 2.05) is 49.4 Å². The molecule has 3 aromatic rings. The highest BCUT2D eigenvalue weighted by molar-refractivity contribution is 5.81. The van der Waals surface area contributed by atoms with E-state index >= 15 is 0 Å². The van der Waals surface area contributed by atoms with E-state index in [1.165, 1.54) is 0 Å². The number of aliphatic hydroxyl groups excluding tert-OH is 1. The molecule has 2 aromatic carbocycles. The fraction of sp³-hybridized carbons (Fsp3) is 0.263. The van der Waals surface area contributed by atoms with Crippen LogP contribution in [0.4, 0.5) is 0 Å². The Hall–Kier alpha value is -2.06. The predicted octanol–water partition coefficient (Wildman–Crippen LogP) is 4.97. The molecular weight excluding hydrogens is 260 g/mol. The first-order valence-corrected chi connectivity index (χ1v) is 7.42. The summed E-state index contributed by atoms with van der Waals surface area (Å²) >= 11 is 0. The second-order valence-electron chi connectivity index (χ2n) is 5.51. The normalized spacial score (nSPS) is 14.2. The van der Waals surface area contributed by atoms with Crippen LogP contribution in [-0.2, 0) is 0 Å². The SMILES string of the molecule is CCC(c1ccccc1)C(O)c1cc2cccc(C)c2o1. The number of fused-ring (bicyclic) bond motifs is 1. The van der Waals surface area contributed by atoms with Crippen LogP contribution in [0.15, 0.2) is 59.0 Å². The van der Waals surface area contributed by atoms with Crippen LogP contribution in [0.2, 0.25) is 0 Å². The van der Waals surface area contributed by atoms with Crippen LogP contribution >= 0.6 is 0 Å². The van der Waals surface area contributed by atoms with Crippen molar-refractivity contribution in [1.29, 1.82) is 0 Å². The van der Waals surface area contributed by atoms with Crippen molar-refractivity contribution in [3.8, 4) is 0 Å². The summed E-state index contributed by atoms with van der Waals surface area (Å²) in [5.41, 5.74) is 3.11. The lowest BCUT2D eigenvalue weighted by Gasteiger charge is -2.20. The fourth-order valence-corrected chi connectivity index (χ4v) is 2.91. The van der Waals surface area contributed by atoms with Gasteiger partial charge in [0, 0.05) is 11.3 Å². The van der Waals surface area contributed by atoms with Crippen molar-refractivity contribution in [2.75, 3.05) is 0 Å². The summed E-state index contributed by atoms with van der Waals surface area (Å²) in [6.07, 6.45) is 0.241. The number of aryl methyl sites for hydroxylation is 1. The Bertz CT molecular complexity index is 728. The van der Waals surface area contributed by atoms with Gasteiger partial charge in [-0.05, 0) is 30.5 Å². The Kier molecular flexibility index (Phi) is 3.80. The van der Waals surface area contributed by atoms with E-state index in [4.69, 9.17) is 4.42 Å². The third kappa shape index (κ3) is 2.59. The highest BCUT2D eigenvalue weighted by Crippen LogP contribution is 2.36. The minimum absolute atomic E-state index is 0.0482. The number of aliphatic hydroxyl groups is 1. The summed E-state index contributed by atoms with van der Waals surface area (Å²) in [5, 5.41) is 11.8. The first kappa shape index (κ1) is 13.9. The molecule has 1 N–H and O–H groups in total. The van der Waals surface area contributed by atoms with Crippen LogP contribution < -0.4 is 0 Å². The molecule has 2 unspecified atom stereocenters. The fourth-order valence-electron chi connectivity index (χ4n) is 2.91. The van der Waals surface area contributed by atoms with Crippen LogP contribution in [0.25, 0.3) is 11.0 Å². The van der Waals surface area contributed by atoms with Gasteiger partial charge in [0.25, 0.3) is 0 Å². The van der Waals surface area contributed by atoms with Crippen LogP contribution in [0.1, 0.15) is 42.3 Å². The van der Waals surface area contributed by atoms with Gasteiger partial charge in [0.15, 0.2) is 0 Å². The average molecular weight is 280 g/mol. The van der Waals surface area contributed by atoms with Gasteiger partial charge in [0.1, 0.15) is 17.4 Å². The molecule has 2 atom stereocenters. The maximum absolute atomic E-state index is 10.7. The molecule has 0 saturated carbocycles. The lowest BCUT2D eigenvalue weighted by Crippen LogP contribution is -2.09. The molecule has 0 aliphatic carbocycles. The lowest BCUT2D eigenvalue weighted by molar-refractivity contribution is 0.119. The zero-order valence-electron chi connectivity index (χ0n) is 12.4. The second-order valence-corrected chi connectivity index (χ2v) is 5.51. The third-order valence-electron chi connectivity index (χ3n) is 4.10. The molecule has 0 aliphatic heterocycles. The average Bonchev–Trinajstić information content (AvgIpc) is 2.95. The van der Waals surface area contributed by atoms with Gasteiger partial charge in [0.05, 0.1) is 0 Å². The van der Waals surface area contributed by atoms with Gasteiger partial charge >= 0.3 is 0 Å². The third-order valence-corrected chi connectivity index (χ3v) is 4.10. The van der Waals surface area contributed by atoms with E-state index in [2.05, 4.69) is 19.1 Å². The molecule has 2 heteroatoms. The number of hydrogen-bond donors (Lipinski definition) is 1. The van der Waals surface area contributed by atoms with Crippen molar-refractivity contribution in [3.05, 3.63) is 71.5 Å². The van der Waals surface area contributed by atoms with Crippen molar-refractivity contribution < 1.29 is 9.52 Å². The van der Waals surface area contributed by atoms with E-state index in [-0.39, 0.29) is 5.92 Å². The summed E-state index contributed by atoms with van der Waals surface area (Å²) < 4.78 is 5.91. The molecule has 1 aromatic heterocycles. The highest BCUT2D eigenvalue weighted by Gasteiger charge is 2.24. The van der Waals surface area contributed by atoms with Crippen molar-refractivity contribution >= 4 is 11.0 Å². The molecular formula is C19H20O2. The monoisotopic (exact) mass is 280 g/mol. The van der Waals surface area contributed by atoms with Gasteiger partial charge in [-0.15, -0.1) is 0 Å². The van der Waals surface area contributed by atoms with Gasteiger partial charge < -0.3 is 9.52 Å². The molecule has 0 radical (unpaired) electrons. The molecule has 108 valence electrons. The number of benzene rings is 2. The van der Waals surface area contributed by atoms with Gasteiger partial charge in [-0.3, -0.25) is 0 Å². The minimum atomic E-state index is -0.621. The molecule has 3 rings (SSSR count). The first-order chi connectivity index (χ1) is 10.2. The van der Waals surface area contributed by atoms with E-state index in [0.29, 0.717) is 5.76 Å². The molecule has 0 fully saturated rings. The molecule has 0 aliphatic rings. The van der Waals surface area contributed by atoms with Gasteiger partial charge in [-0.1, -0.05) is 55.5 Å². The Labute approximate surface area is 125 Å². The summed E-state index contributed by atoms with van der Waals surface area (Å²) in [6.45, 7) is 4.12. The standard InChI is InChI=1S/C19H20O2/c1-3-16(14-9-5-4-6-10-14)18(20)17-12-15-11-7-8-13(2)19(15)21-17/h4-12,16,18,20H,3H2,1-2H3. The van der Waals surface area contributed by atoms with Crippen LogP contribution in [0.5, 0.6) is 0 Å². The predicted molar refractivity (Wildman–Crippen MR) is 85.4 cm³/mol. The Morgan fingerprint density at radius 1 is 1.05 bits per heavy atom. The summed E-state index contributed by atoms with van der Waals surface area (Å²) in [6, 6.07) is 18.1. The Balaban J connectivity index is 1.99.